The minimum absolute atomic E-state index is 0.0601. The summed E-state index contributed by atoms with van der Waals surface area (Å²) in [5, 5.41) is 3.98. The Morgan fingerprint density at radius 2 is 1.90 bits per heavy atom. The zero-order valence-electron chi connectivity index (χ0n) is 16.4. The second-order valence-electron chi connectivity index (χ2n) is 7.87. The second-order valence-corrected chi connectivity index (χ2v) is 7.87. The van der Waals surface area contributed by atoms with E-state index in [9.17, 15) is 4.79 Å². The number of benzene rings is 1. The largest absolute Gasteiger partial charge is 0.364 e. The summed E-state index contributed by atoms with van der Waals surface area (Å²) in [5.41, 5.74) is 3.24. The summed E-state index contributed by atoms with van der Waals surface area (Å²) in [6.07, 6.45) is 5.20. The summed E-state index contributed by atoms with van der Waals surface area (Å²) in [5.74, 6) is 1.36. The highest BCUT2D eigenvalue weighted by molar-refractivity contribution is 5.79. The van der Waals surface area contributed by atoms with E-state index in [0.717, 1.165) is 74.9 Å². The van der Waals surface area contributed by atoms with E-state index in [1.165, 1.54) is 0 Å². The molecular weight excluding hydrogens is 366 g/mol. The molecule has 7 nitrogen and oxygen atoms in total. The molecule has 2 aromatic heterocycles. The lowest BCUT2D eigenvalue weighted by Crippen LogP contribution is -2.50. The van der Waals surface area contributed by atoms with Crippen molar-refractivity contribution in [1.82, 2.24) is 24.5 Å². The average Bonchev–Trinajstić information content (AvgIpc) is 3.44. The number of piperazine rings is 1. The third kappa shape index (κ3) is 3.70. The SMILES string of the molecule is O=C([C@H]1CCn2c(cnc2-c2ccccc2)C1)N1CCN(Cc2ccon2)CC1. The van der Waals surface area contributed by atoms with Gasteiger partial charge in [-0.3, -0.25) is 9.69 Å². The van der Waals surface area contributed by atoms with Crippen molar-refractivity contribution >= 4 is 5.91 Å². The molecule has 5 rings (SSSR count). The molecule has 2 aliphatic heterocycles. The fourth-order valence-electron chi connectivity index (χ4n) is 4.42. The Balaban J connectivity index is 1.20. The zero-order chi connectivity index (χ0) is 19.6. The monoisotopic (exact) mass is 391 g/mol. The van der Waals surface area contributed by atoms with E-state index in [4.69, 9.17) is 4.52 Å². The van der Waals surface area contributed by atoms with E-state index < -0.39 is 0 Å². The first-order valence-electron chi connectivity index (χ1n) is 10.3. The van der Waals surface area contributed by atoms with Crippen LogP contribution in [0.25, 0.3) is 11.4 Å². The molecule has 1 amide bonds. The summed E-state index contributed by atoms with van der Waals surface area (Å²) in [4.78, 5) is 22.1. The van der Waals surface area contributed by atoms with Gasteiger partial charge < -0.3 is 14.0 Å². The molecule has 3 aromatic rings. The average molecular weight is 391 g/mol. The van der Waals surface area contributed by atoms with Gasteiger partial charge in [-0.05, 0) is 6.42 Å². The highest BCUT2D eigenvalue weighted by Crippen LogP contribution is 2.28. The molecule has 1 fully saturated rings. The fraction of sp³-hybridized carbons (Fsp3) is 0.409. The van der Waals surface area contributed by atoms with Crippen molar-refractivity contribution in [3.05, 3.63) is 60.2 Å². The minimum atomic E-state index is 0.0601. The van der Waals surface area contributed by atoms with E-state index in [0.29, 0.717) is 5.91 Å². The van der Waals surface area contributed by atoms with Gasteiger partial charge in [-0.15, -0.1) is 0 Å². The van der Waals surface area contributed by atoms with Crippen LogP contribution in [0, 0.1) is 5.92 Å². The van der Waals surface area contributed by atoms with E-state index in [-0.39, 0.29) is 5.92 Å². The van der Waals surface area contributed by atoms with Crippen LogP contribution in [-0.2, 0) is 24.3 Å². The van der Waals surface area contributed by atoms with Crippen molar-refractivity contribution in [3.8, 4) is 11.4 Å². The van der Waals surface area contributed by atoms with Crippen LogP contribution in [0.5, 0.6) is 0 Å². The lowest BCUT2D eigenvalue weighted by molar-refractivity contribution is -0.138. The quantitative estimate of drug-likeness (QED) is 0.683. The molecule has 7 heteroatoms. The van der Waals surface area contributed by atoms with Crippen molar-refractivity contribution in [2.24, 2.45) is 5.92 Å². The van der Waals surface area contributed by atoms with Crippen molar-refractivity contribution < 1.29 is 9.32 Å². The van der Waals surface area contributed by atoms with Crippen LogP contribution in [0.15, 0.2) is 53.4 Å². The van der Waals surface area contributed by atoms with Crippen LogP contribution >= 0.6 is 0 Å². The molecule has 0 bridgehead atoms. The predicted octanol–water partition coefficient (Wildman–Crippen LogP) is 2.44. The lowest BCUT2D eigenvalue weighted by Gasteiger charge is -2.37. The van der Waals surface area contributed by atoms with Crippen molar-refractivity contribution in [2.45, 2.75) is 25.9 Å². The number of hydrogen-bond donors (Lipinski definition) is 0. The summed E-state index contributed by atoms with van der Waals surface area (Å²) >= 11 is 0. The Morgan fingerprint density at radius 1 is 1.07 bits per heavy atom. The smallest absolute Gasteiger partial charge is 0.226 e. The highest BCUT2D eigenvalue weighted by atomic mass is 16.5. The summed E-state index contributed by atoms with van der Waals surface area (Å²) in [6.45, 7) is 4.94. The van der Waals surface area contributed by atoms with E-state index in [1.54, 1.807) is 6.26 Å². The molecule has 150 valence electrons. The first kappa shape index (κ1) is 18.1. The number of aromatic nitrogens is 3. The van der Waals surface area contributed by atoms with Gasteiger partial charge in [-0.2, -0.15) is 0 Å². The Kier molecular flexibility index (Phi) is 4.89. The summed E-state index contributed by atoms with van der Waals surface area (Å²) < 4.78 is 7.18. The Bertz CT molecular complexity index is 959. The second kappa shape index (κ2) is 7.83. The van der Waals surface area contributed by atoms with Gasteiger partial charge in [0, 0.05) is 75.1 Å². The van der Waals surface area contributed by atoms with Crippen LogP contribution in [-0.4, -0.2) is 56.6 Å². The van der Waals surface area contributed by atoms with Crippen molar-refractivity contribution in [3.63, 3.8) is 0 Å². The molecule has 1 saturated heterocycles. The minimum Gasteiger partial charge on any atom is -0.364 e. The Morgan fingerprint density at radius 3 is 2.66 bits per heavy atom. The molecule has 0 aliphatic carbocycles. The number of imidazole rings is 1. The van der Waals surface area contributed by atoms with Crippen LogP contribution in [0.2, 0.25) is 0 Å². The number of carbonyl (C=O) groups excluding carboxylic acids is 1. The molecule has 1 aromatic carbocycles. The van der Waals surface area contributed by atoms with Crippen molar-refractivity contribution in [1.29, 1.82) is 0 Å². The zero-order valence-corrected chi connectivity index (χ0v) is 16.4. The van der Waals surface area contributed by atoms with Gasteiger partial charge in [0.2, 0.25) is 5.91 Å². The van der Waals surface area contributed by atoms with Crippen LogP contribution in [0.1, 0.15) is 17.8 Å². The Hall–Kier alpha value is -2.93. The number of hydrogen-bond acceptors (Lipinski definition) is 5. The maximum Gasteiger partial charge on any atom is 0.226 e. The van der Waals surface area contributed by atoms with Gasteiger partial charge in [-0.1, -0.05) is 35.5 Å². The lowest BCUT2D eigenvalue weighted by atomic mass is 9.94. The van der Waals surface area contributed by atoms with Crippen LogP contribution in [0.3, 0.4) is 0 Å². The van der Waals surface area contributed by atoms with Gasteiger partial charge >= 0.3 is 0 Å². The van der Waals surface area contributed by atoms with Crippen LogP contribution < -0.4 is 0 Å². The topological polar surface area (TPSA) is 67.4 Å². The first-order valence-corrected chi connectivity index (χ1v) is 10.3. The van der Waals surface area contributed by atoms with Gasteiger partial charge in [0.15, 0.2) is 0 Å². The van der Waals surface area contributed by atoms with Gasteiger partial charge in [0.1, 0.15) is 12.1 Å². The normalized spacial score (nSPS) is 19.9. The maximum absolute atomic E-state index is 13.1. The number of nitrogens with zero attached hydrogens (tertiary/aromatic N) is 5. The fourth-order valence-corrected chi connectivity index (χ4v) is 4.42. The van der Waals surface area contributed by atoms with E-state index in [1.807, 2.05) is 35.4 Å². The predicted molar refractivity (Wildman–Crippen MR) is 108 cm³/mol. The first-order chi connectivity index (χ1) is 14.3. The molecule has 29 heavy (non-hydrogen) atoms. The van der Waals surface area contributed by atoms with Crippen molar-refractivity contribution in [2.75, 3.05) is 26.2 Å². The maximum atomic E-state index is 13.1. The van der Waals surface area contributed by atoms with E-state index >= 15 is 0 Å². The van der Waals surface area contributed by atoms with Gasteiger partial charge in [0.05, 0.1) is 5.69 Å². The number of fused-ring (bicyclic) bond motifs is 1. The molecule has 0 N–H and O–H groups in total. The van der Waals surface area contributed by atoms with Crippen LogP contribution in [0.4, 0.5) is 0 Å². The number of amides is 1. The van der Waals surface area contributed by atoms with Gasteiger partial charge in [-0.25, -0.2) is 4.98 Å². The molecule has 0 unspecified atom stereocenters. The molecular formula is C22H25N5O2. The molecule has 2 aliphatic rings. The van der Waals surface area contributed by atoms with E-state index in [2.05, 4.69) is 31.7 Å². The molecule has 0 spiro atoms. The molecule has 4 heterocycles. The molecule has 0 radical (unpaired) electrons. The van der Waals surface area contributed by atoms with Gasteiger partial charge in [0.25, 0.3) is 0 Å². The number of carbonyl (C=O) groups is 1. The third-order valence-electron chi connectivity index (χ3n) is 6.04. The third-order valence-corrected chi connectivity index (χ3v) is 6.04. The number of rotatable bonds is 4. The molecule has 1 atom stereocenters. The highest BCUT2D eigenvalue weighted by Gasteiger charge is 2.31. The summed E-state index contributed by atoms with van der Waals surface area (Å²) in [7, 11) is 0. The molecule has 0 saturated carbocycles. The standard InChI is InChI=1S/C22H25N5O2/c28-22(26-11-9-25(10-12-26)16-19-7-13-29-24-19)18-6-8-27-20(14-18)15-23-21(27)17-4-2-1-3-5-17/h1-5,7,13,15,18H,6,8-12,14,16H2/t18-/m0/s1. The Labute approximate surface area is 169 Å². The summed E-state index contributed by atoms with van der Waals surface area (Å²) in [6, 6.07) is 12.2.